The molecule has 0 heterocycles. The molecule has 0 spiro atoms. The van der Waals surface area contributed by atoms with Crippen LogP contribution in [0, 0.1) is 0 Å². The van der Waals surface area contributed by atoms with Gasteiger partial charge in [0.2, 0.25) is 0 Å². The second-order valence-electron chi connectivity index (χ2n) is 4.86. The van der Waals surface area contributed by atoms with E-state index in [4.69, 9.17) is 17.0 Å². The summed E-state index contributed by atoms with van der Waals surface area (Å²) in [4.78, 5) is 0. The van der Waals surface area contributed by atoms with Crippen molar-refractivity contribution in [3.05, 3.63) is 66.2 Å². The van der Waals surface area contributed by atoms with Crippen LogP contribution in [0.5, 0.6) is 0 Å². The molecule has 0 aliphatic heterocycles. The Hall–Kier alpha value is 0.396. The van der Waals surface area contributed by atoms with E-state index in [-0.39, 0.29) is 26.2 Å². The van der Waals surface area contributed by atoms with Gasteiger partial charge >= 0.3 is 37.9 Å². The van der Waals surface area contributed by atoms with Crippen molar-refractivity contribution >= 4 is 27.8 Å². The summed E-state index contributed by atoms with van der Waals surface area (Å²) in [5, 5.41) is 2.74. The molecule has 0 radical (unpaired) electrons. The monoisotopic (exact) mass is 483 g/mol. The third-order valence-corrected chi connectivity index (χ3v) is 3.43. The molecule has 0 N–H and O–H groups in total. The molecule has 3 aromatic rings. The second-order valence-corrected chi connectivity index (χ2v) is 8.59. The minimum absolute atomic E-state index is 0. The van der Waals surface area contributed by atoms with E-state index in [1.54, 1.807) is 0 Å². The van der Waals surface area contributed by atoms with Gasteiger partial charge in [0.05, 0.1) is 0 Å². The van der Waals surface area contributed by atoms with Crippen LogP contribution >= 0.6 is 17.0 Å². The molecule has 112 valence electrons. The van der Waals surface area contributed by atoms with Gasteiger partial charge in [0.25, 0.3) is 0 Å². The zero-order chi connectivity index (χ0) is 15.1. The summed E-state index contributed by atoms with van der Waals surface area (Å²) in [6.07, 6.45) is 2.37. The van der Waals surface area contributed by atoms with Crippen molar-refractivity contribution in [2.75, 3.05) is 0 Å². The Kier molecular flexibility index (Phi) is 10.3. The minimum Gasteiger partial charge on any atom is 0 e. The Balaban J connectivity index is 0.000000562. The van der Waals surface area contributed by atoms with Crippen LogP contribution in [0.15, 0.2) is 60.7 Å². The van der Waals surface area contributed by atoms with E-state index in [1.807, 2.05) is 0 Å². The molecule has 0 fully saturated rings. The zero-order valence-corrected chi connectivity index (χ0v) is 18.9. The van der Waals surface area contributed by atoms with Crippen LogP contribution in [-0.4, -0.2) is 0 Å². The first-order valence-electron chi connectivity index (χ1n) is 7.00. The molecule has 0 nitrogen and oxygen atoms in total. The van der Waals surface area contributed by atoms with Crippen LogP contribution in [0.1, 0.15) is 18.9 Å². The van der Waals surface area contributed by atoms with Gasteiger partial charge in [-0.1, -0.05) is 55.3 Å². The van der Waals surface area contributed by atoms with Crippen molar-refractivity contribution in [2.24, 2.45) is 0 Å². The zero-order valence-electron chi connectivity index (χ0n) is 12.4. The quantitative estimate of drug-likeness (QED) is 0.368. The Morgan fingerprint density at radius 2 is 1.68 bits per heavy atom. The van der Waals surface area contributed by atoms with E-state index in [2.05, 4.69) is 67.6 Å². The van der Waals surface area contributed by atoms with E-state index in [0.717, 1.165) is 0 Å². The summed E-state index contributed by atoms with van der Waals surface area (Å²) < 4.78 is 0. The fourth-order valence-electron chi connectivity index (χ4n) is 2.60. The molecule has 0 atom stereocenters. The van der Waals surface area contributed by atoms with Crippen molar-refractivity contribution in [1.29, 1.82) is 0 Å². The smallest absolute Gasteiger partial charge is 0 e. The van der Waals surface area contributed by atoms with Crippen LogP contribution in [0.25, 0.3) is 21.9 Å². The Morgan fingerprint density at radius 3 is 2.32 bits per heavy atom. The summed E-state index contributed by atoms with van der Waals surface area (Å²) in [5.74, 6) is 0. The predicted octanol–water partition coefficient (Wildman–Crippen LogP) is 6.55. The summed E-state index contributed by atoms with van der Waals surface area (Å²) >= 11 is -0.826. The Morgan fingerprint density at radius 1 is 1.00 bits per heavy atom. The van der Waals surface area contributed by atoms with Gasteiger partial charge in [0, 0.05) is 26.2 Å². The fourth-order valence-corrected chi connectivity index (χ4v) is 2.60. The van der Waals surface area contributed by atoms with E-state index >= 15 is 0 Å². The predicted molar refractivity (Wildman–Crippen MR) is 90.7 cm³/mol. The maximum Gasteiger partial charge on any atom is 0 e. The maximum atomic E-state index is 4.93. The average molecular weight is 487 g/mol. The van der Waals surface area contributed by atoms with Gasteiger partial charge < -0.3 is 0 Å². The maximum absolute atomic E-state index is 4.93. The van der Waals surface area contributed by atoms with Gasteiger partial charge in [-0.2, -0.15) is 6.07 Å². The molecule has 0 aromatic heterocycles. The van der Waals surface area contributed by atoms with Crippen LogP contribution in [0.3, 0.4) is 0 Å². The minimum atomic E-state index is -0.826. The van der Waals surface area contributed by atoms with E-state index in [0.29, 0.717) is 0 Å². The molecule has 4 heteroatoms. The number of halogens is 2. The SMILES string of the molecule is CCCc1cc2c(-c3ccccc3)cccc2[cH-]1.[Cl][Zr][Cl].[Zr]. The van der Waals surface area contributed by atoms with Crippen molar-refractivity contribution < 1.29 is 47.1 Å². The third-order valence-electron chi connectivity index (χ3n) is 3.43. The van der Waals surface area contributed by atoms with Gasteiger partial charge in [-0.3, -0.25) is 0 Å². The van der Waals surface area contributed by atoms with Crippen molar-refractivity contribution in [1.82, 2.24) is 0 Å². The van der Waals surface area contributed by atoms with Gasteiger partial charge in [-0.15, -0.1) is 34.5 Å². The first-order valence-corrected chi connectivity index (χ1v) is 13.3. The van der Waals surface area contributed by atoms with Crippen LogP contribution in [0.2, 0.25) is 0 Å². The summed E-state index contributed by atoms with van der Waals surface area (Å²) in [6.45, 7) is 2.23. The molecule has 0 saturated carbocycles. The second kappa shape index (κ2) is 11.0. The molecule has 0 amide bonds. The molecule has 22 heavy (non-hydrogen) atoms. The van der Waals surface area contributed by atoms with Crippen LogP contribution < -0.4 is 0 Å². The molecular weight excluding hydrogens is 470 g/mol. The standard InChI is InChI=1S/C18H17.2ClH.2Zr/c1-2-7-14-12-16-10-6-11-17(18(16)13-14)15-8-4-3-5-9-15;;;;/h3-6,8-13H,2,7H2,1H3;2*1H;;/q-1;;;;+2/p-2. The first kappa shape index (κ1) is 20.4. The molecule has 0 aliphatic rings. The van der Waals surface area contributed by atoms with Gasteiger partial charge in [0.15, 0.2) is 0 Å². The molecule has 0 aliphatic carbocycles. The van der Waals surface area contributed by atoms with Crippen LogP contribution in [0.4, 0.5) is 0 Å². The number of hydrogen-bond acceptors (Lipinski definition) is 0. The normalized spacial score (nSPS) is 9.59. The fraction of sp³-hybridized carbons (Fsp3) is 0.167. The molecule has 3 aromatic carbocycles. The van der Waals surface area contributed by atoms with Crippen molar-refractivity contribution in [3.8, 4) is 11.1 Å². The summed E-state index contributed by atoms with van der Waals surface area (Å²) in [5.41, 5.74) is 4.10. The molecule has 0 saturated heterocycles. The van der Waals surface area contributed by atoms with Crippen molar-refractivity contribution in [3.63, 3.8) is 0 Å². The number of aryl methyl sites for hydroxylation is 1. The van der Waals surface area contributed by atoms with Crippen molar-refractivity contribution in [2.45, 2.75) is 19.8 Å². The van der Waals surface area contributed by atoms with E-state index in [1.165, 1.54) is 40.3 Å². The summed E-state index contributed by atoms with van der Waals surface area (Å²) in [6, 6.07) is 21.9. The Bertz CT molecular complexity index is 678. The topological polar surface area (TPSA) is 0 Å². The first-order chi connectivity index (χ1) is 10.3. The van der Waals surface area contributed by atoms with E-state index < -0.39 is 20.8 Å². The van der Waals surface area contributed by atoms with Crippen LogP contribution in [-0.2, 0) is 53.5 Å². The van der Waals surface area contributed by atoms with Gasteiger partial charge in [-0.25, -0.2) is 0 Å². The number of fused-ring (bicyclic) bond motifs is 1. The van der Waals surface area contributed by atoms with Gasteiger partial charge in [0.1, 0.15) is 0 Å². The number of benzene rings is 2. The molecule has 0 unspecified atom stereocenters. The Labute approximate surface area is 170 Å². The number of rotatable bonds is 3. The average Bonchev–Trinajstić information content (AvgIpc) is 2.91. The number of hydrogen-bond donors (Lipinski definition) is 0. The molecule has 0 bridgehead atoms. The van der Waals surface area contributed by atoms with E-state index in [9.17, 15) is 0 Å². The van der Waals surface area contributed by atoms with Gasteiger partial charge in [-0.05, 0) is 12.0 Å². The third kappa shape index (κ3) is 5.49. The summed E-state index contributed by atoms with van der Waals surface area (Å²) in [7, 11) is 9.87. The molecule has 3 rings (SSSR count). The molecular formula is C18H17Cl2Zr2-. The largest absolute Gasteiger partial charge is 0 e.